The first-order valence-electron chi connectivity index (χ1n) is 22.2. The number of imidazole rings is 1. The normalized spacial score (nSPS) is 19.3. The molecule has 7 rings (SSSR count). The second kappa shape index (κ2) is 19.1. The third-order valence-electron chi connectivity index (χ3n) is 11.8. The number of aromatic amines is 1. The fourth-order valence-corrected chi connectivity index (χ4v) is 8.88. The van der Waals surface area contributed by atoms with Gasteiger partial charge in [-0.25, -0.2) is 14.6 Å². The lowest BCUT2D eigenvalue weighted by molar-refractivity contribution is -0.145. The van der Waals surface area contributed by atoms with Gasteiger partial charge in [0.05, 0.1) is 17.9 Å². The van der Waals surface area contributed by atoms with Crippen LogP contribution in [0, 0.1) is 0 Å². The summed E-state index contributed by atoms with van der Waals surface area (Å²) < 4.78 is 11.0. The van der Waals surface area contributed by atoms with Crippen molar-refractivity contribution in [3.63, 3.8) is 0 Å². The predicted molar refractivity (Wildman–Crippen MR) is 238 cm³/mol. The maximum Gasteiger partial charge on any atom is 0.408 e. The van der Waals surface area contributed by atoms with Crippen LogP contribution in [0.5, 0.6) is 0 Å². The van der Waals surface area contributed by atoms with Gasteiger partial charge in [-0.1, -0.05) is 84.9 Å². The number of benzene rings is 3. The lowest BCUT2D eigenvalue weighted by Crippen LogP contribution is -2.52. The van der Waals surface area contributed by atoms with E-state index in [2.05, 4.69) is 39.9 Å². The lowest BCUT2D eigenvalue weighted by Gasteiger charge is -2.36. The van der Waals surface area contributed by atoms with Crippen molar-refractivity contribution in [2.24, 2.45) is 0 Å². The topological polar surface area (TPSA) is 166 Å². The highest BCUT2D eigenvalue weighted by molar-refractivity contribution is 5.93. The Morgan fingerprint density at radius 2 is 1.16 bits per heavy atom. The summed E-state index contributed by atoms with van der Waals surface area (Å²) in [5.41, 5.74) is 2.85. The molecule has 4 aromatic rings. The highest BCUT2D eigenvalue weighted by Gasteiger charge is 2.42. The average molecular weight is 860 g/mol. The van der Waals surface area contributed by atoms with Crippen LogP contribution in [0.3, 0.4) is 0 Å². The number of H-pyrrole nitrogens is 1. The van der Waals surface area contributed by atoms with Gasteiger partial charge >= 0.3 is 12.2 Å². The van der Waals surface area contributed by atoms with Gasteiger partial charge in [0.25, 0.3) is 11.8 Å². The van der Waals surface area contributed by atoms with E-state index >= 15 is 0 Å². The number of likely N-dealkylation sites (tertiary alicyclic amines) is 3. The molecule has 3 saturated heterocycles. The molecule has 0 bridgehead atoms. The van der Waals surface area contributed by atoms with Gasteiger partial charge in [-0.05, 0) is 108 Å². The molecule has 0 saturated carbocycles. The van der Waals surface area contributed by atoms with Crippen LogP contribution in [0.25, 0.3) is 11.3 Å². The minimum atomic E-state index is -0.981. The van der Waals surface area contributed by atoms with Crippen molar-refractivity contribution >= 4 is 29.9 Å². The summed E-state index contributed by atoms with van der Waals surface area (Å²) in [6.07, 6.45) is 4.87. The molecular weight excluding hydrogens is 799 g/mol. The summed E-state index contributed by atoms with van der Waals surface area (Å²) in [6, 6.07) is 23.9. The molecule has 4 atom stereocenters. The Bertz CT molecular complexity index is 2230. The number of aromatic nitrogens is 2. The van der Waals surface area contributed by atoms with Gasteiger partial charge in [-0.3, -0.25) is 14.4 Å². The van der Waals surface area contributed by atoms with Crippen LogP contribution in [-0.2, 0) is 23.9 Å². The number of carbonyl (C=O) groups is 5. The molecule has 5 amide bonds. The molecule has 0 radical (unpaired) electrons. The number of nitrogens with one attached hydrogen (secondary N) is 3. The standard InChI is InChI=1S/C49H61N7O7/c1-48(2,3)62-46(60)52-40(35-15-9-7-10-16-35)44(58)55-27-13-19-38(55)42-50-31-37(51-42)34-23-21-32(22-24-34)33-25-29-54(30-26-33)43(57)39-20-14-28-56(39)45(59)41(36-17-11-8-12-18-36)53-47(61)63-49(4,5)6/h7-12,15-18,21-24,31,33,38-41H,13-14,19-20,25-30H2,1-6H3,(H,50,51)(H,52,60)(H,53,61)/t38?,39?,40-,41?/m1/s1. The zero-order valence-electron chi connectivity index (χ0n) is 37.3. The summed E-state index contributed by atoms with van der Waals surface area (Å²) in [4.78, 5) is 81.6. The van der Waals surface area contributed by atoms with Crippen LogP contribution in [-0.4, -0.2) is 98.0 Å². The van der Waals surface area contributed by atoms with Crippen molar-refractivity contribution in [2.45, 2.75) is 121 Å². The zero-order valence-corrected chi connectivity index (χ0v) is 37.3. The Labute approximate surface area is 370 Å². The van der Waals surface area contributed by atoms with E-state index in [0.29, 0.717) is 56.0 Å². The monoisotopic (exact) mass is 859 g/mol. The van der Waals surface area contributed by atoms with E-state index in [1.807, 2.05) is 53.4 Å². The Hall–Kier alpha value is -6.18. The van der Waals surface area contributed by atoms with Gasteiger partial charge in [-0.2, -0.15) is 0 Å². The maximum atomic E-state index is 14.2. The molecule has 0 spiro atoms. The van der Waals surface area contributed by atoms with Gasteiger partial charge in [0, 0.05) is 26.2 Å². The Morgan fingerprint density at radius 1 is 0.651 bits per heavy atom. The van der Waals surface area contributed by atoms with Crippen molar-refractivity contribution < 1.29 is 33.4 Å². The molecule has 3 aromatic carbocycles. The fourth-order valence-electron chi connectivity index (χ4n) is 8.88. The highest BCUT2D eigenvalue weighted by Crippen LogP contribution is 2.36. The molecule has 3 N–H and O–H groups in total. The molecule has 3 unspecified atom stereocenters. The molecule has 3 aliphatic rings. The van der Waals surface area contributed by atoms with E-state index in [9.17, 15) is 24.0 Å². The molecule has 3 fully saturated rings. The molecular formula is C49H61N7O7. The first-order valence-corrected chi connectivity index (χ1v) is 22.2. The number of hydrogen-bond acceptors (Lipinski definition) is 8. The van der Waals surface area contributed by atoms with Crippen molar-refractivity contribution in [1.82, 2.24) is 35.3 Å². The largest absolute Gasteiger partial charge is 0.444 e. The number of piperidine rings is 1. The smallest absolute Gasteiger partial charge is 0.408 e. The van der Waals surface area contributed by atoms with Crippen LogP contribution >= 0.6 is 0 Å². The molecule has 334 valence electrons. The molecule has 1 aromatic heterocycles. The second-order valence-electron chi connectivity index (χ2n) is 18.8. The summed E-state index contributed by atoms with van der Waals surface area (Å²) >= 11 is 0. The SMILES string of the molecule is CC(C)(C)OC(=O)NC(C(=O)N1CCCC1C(=O)N1CCC(c2ccc(-c3cnc(C4CCCN4C(=O)[C@H](NC(=O)OC(C)(C)C)c4ccccc4)[nH]3)cc2)CC1)c1ccccc1. The third kappa shape index (κ3) is 11.1. The molecule has 0 aliphatic carbocycles. The summed E-state index contributed by atoms with van der Waals surface area (Å²) in [6.45, 7) is 12.8. The van der Waals surface area contributed by atoms with E-state index in [1.54, 1.807) is 69.7 Å². The Morgan fingerprint density at radius 3 is 1.70 bits per heavy atom. The number of amides is 5. The quantitative estimate of drug-likeness (QED) is 0.144. The number of carbonyl (C=O) groups excluding carboxylic acids is 5. The number of alkyl carbamates (subject to hydrolysis) is 2. The Kier molecular flexibility index (Phi) is 13.6. The first kappa shape index (κ1) is 44.9. The van der Waals surface area contributed by atoms with E-state index in [4.69, 9.17) is 14.5 Å². The van der Waals surface area contributed by atoms with E-state index in [0.717, 1.165) is 36.9 Å². The molecule has 63 heavy (non-hydrogen) atoms. The van der Waals surface area contributed by atoms with Crippen molar-refractivity contribution in [2.75, 3.05) is 26.2 Å². The minimum absolute atomic E-state index is 0.0498. The van der Waals surface area contributed by atoms with Gasteiger partial charge in [-0.15, -0.1) is 0 Å². The number of hydrogen-bond donors (Lipinski definition) is 3. The van der Waals surface area contributed by atoms with Gasteiger partial charge in [0.1, 0.15) is 35.2 Å². The van der Waals surface area contributed by atoms with Gasteiger partial charge in [0.2, 0.25) is 5.91 Å². The minimum Gasteiger partial charge on any atom is -0.444 e. The number of nitrogens with zero attached hydrogens (tertiary/aromatic N) is 4. The van der Waals surface area contributed by atoms with Gasteiger partial charge in [0.15, 0.2) is 0 Å². The molecule has 14 nitrogen and oxygen atoms in total. The maximum absolute atomic E-state index is 14.2. The highest BCUT2D eigenvalue weighted by atomic mass is 16.6. The predicted octanol–water partition coefficient (Wildman–Crippen LogP) is 7.97. The number of ether oxygens (including phenoxy) is 2. The van der Waals surface area contributed by atoms with Crippen molar-refractivity contribution in [3.8, 4) is 11.3 Å². The van der Waals surface area contributed by atoms with Crippen molar-refractivity contribution in [3.05, 3.63) is 114 Å². The average Bonchev–Trinajstić information content (AvgIpc) is 4.06. The summed E-state index contributed by atoms with van der Waals surface area (Å²) in [5.74, 6) is 0.375. The number of rotatable bonds is 10. The third-order valence-corrected chi connectivity index (χ3v) is 11.8. The summed E-state index contributed by atoms with van der Waals surface area (Å²) in [5, 5.41) is 5.59. The van der Waals surface area contributed by atoms with Crippen molar-refractivity contribution in [1.29, 1.82) is 0 Å². The lowest BCUT2D eigenvalue weighted by atomic mass is 9.88. The molecule has 4 heterocycles. The fraction of sp³-hybridized carbons (Fsp3) is 0.469. The van der Waals surface area contributed by atoms with Crippen LogP contribution in [0.1, 0.15) is 127 Å². The van der Waals surface area contributed by atoms with Gasteiger partial charge < -0.3 is 39.8 Å². The first-order chi connectivity index (χ1) is 30.0. The second-order valence-corrected chi connectivity index (χ2v) is 18.8. The molecule has 14 heteroatoms. The van der Waals surface area contributed by atoms with Crippen LogP contribution in [0.4, 0.5) is 9.59 Å². The van der Waals surface area contributed by atoms with Crippen LogP contribution in [0.2, 0.25) is 0 Å². The van der Waals surface area contributed by atoms with E-state index in [-0.39, 0.29) is 29.7 Å². The van der Waals surface area contributed by atoms with E-state index in [1.165, 1.54) is 5.56 Å². The van der Waals surface area contributed by atoms with E-state index < -0.39 is 41.5 Å². The van der Waals surface area contributed by atoms with Crippen LogP contribution in [0.15, 0.2) is 91.1 Å². The zero-order chi connectivity index (χ0) is 44.9. The molecule has 3 aliphatic heterocycles. The van der Waals surface area contributed by atoms with Crippen LogP contribution < -0.4 is 10.6 Å². The Balaban J connectivity index is 0.962. The summed E-state index contributed by atoms with van der Waals surface area (Å²) in [7, 11) is 0.